The number of nitrogens with zero attached hydrogens (tertiary/aromatic N) is 2. The summed E-state index contributed by atoms with van der Waals surface area (Å²) in [4.78, 5) is 14.7. The highest BCUT2D eigenvalue weighted by Gasteiger charge is 2.45. The molecule has 4 heterocycles. The van der Waals surface area contributed by atoms with Gasteiger partial charge in [-0.05, 0) is 26.2 Å². The molecular formula is C17H25N3O4. The van der Waals surface area contributed by atoms with Gasteiger partial charge in [0.05, 0.1) is 31.0 Å². The molecule has 4 rings (SSSR count). The van der Waals surface area contributed by atoms with E-state index in [1.54, 1.807) is 0 Å². The average Bonchev–Trinajstić information content (AvgIpc) is 2.98. The van der Waals surface area contributed by atoms with Crippen LogP contribution in [0.1, 0.15) is 54.4 Å². The van der Waals surface area contributed by atoms with Crippen molar-refractivity contribution in [2.75, 3.05) is 26.3 Å². The summed E-state index contributed by atoms with van der Waals surface area (Å²) in [6.45, 7) is 4.87. The number of aromatic amines is 1. The molecule has 1 aromatic rings. The molecule has 1 amide bonds. The monoisotopic (exact) mass is 335 g/mol. The number of ether oxygens (including phenoxy) is 2. The Morgan fingerprint density at radius 2 is 2.08 bits per heavy atom. The number of H-pyrrole nitrogens is 1. The van der Waals surface area contributed by atoms with E-state index in [4.69, 9.17) is 9.47 Å². The van der Waals surface area contributed by atoms with Gasteiger partial charge in [-0.3, -0.25) is 9.89 Å². The lowest BCUT2D eigenvalue weighted by atomic mass is 9.78. The Labute approximate surface area is 141 Å². The number of piperidine rings is 1. The Bertz CT molecular complexity index is 632. The molecule has 0 saturated carbocycles. The topological polar surface area (TPSA) is 87.7 Å². The zero-order valence-electron chi connectivity index (χ0n) is 14.1. The Hall–Kier alpha value is -1.44. The van der Waals surface area contributed by atoms with Gasteiger partial charge in [-0.2, -0.15) is 5.10 Å². The van der Waals surface area contributed by atoms with E-state index in [9.17, 15) is 9.90 Å². The molecule has 7 heteroatoms. The number of carbonyl (C=O) groups excluding carboxylic acids is 1. The number of fused-ring (bicyclic) bond motifs is 1. The number of aromatic nitrogens is 2. The van der Waals surface area contributed by atoms with Gasteiger partial charge in [0.1, 0.15) is 0 Å². The summed E-state index contributed by atoms with van der Waals surface area (Å²) in [5.74, 6) is -0.0320. The first-order valence-electron chi connectivity index (χ1n) is 8.78. The highest BCUT2D eigenvalue weighted by atomic mass is 16.5. The van der Waals surface area contributed by atoms with Gasteiger partial charge in [-0.25, -0.2) is 0 Å². The predicted octanol–water partition coefficient (Wildman–Crippen LogP) is 1.02. The zero-order valence-corrected chi connectivity index (χ0v) is 14.1. The highest BCUT2D eigenvalue weighted by Crippen LogP contribution is 2.39. The second kappa shape index (κ2) is 5.82. The number of nitrogens with one attached hydrogen (secondary N) is 1. The van der Waals surface area contributed by atoms with Crippen LogP contribution in [0, 0.1) is 0 Å². The van der Waals surface area contributed by atoms with Gasteiger partial charge in [-0.15, -0.1) is 0 Å². The molecule has 0 aromatic carbocycles. The molecule has 1 atom stereocenters. The average molecular weight is 335 g/mol. The van der Waals surface area contributed by atoms with Crippen molar-refractivity contribution in [1.82, 2.24) is 15.1 Å². The molecular weight excluding hydrogens is 310 g/mol. The van der Waals surface area contributed by atoms with E-state index < -0.39 is 5.60 Å². The number of likely N-dealkylation sites (tertiary alicyclic amines) is 1. The van der Waals surface area contributed by atoms with Gasteiger partial charge >= 0.3 is 0 Å². The molecule has 2 N–H and O–H groups in total. The Morgan fingerprint density at radius 3 is 2.83 bits per heavy atom. The van der Waals surface area contributed by atoms with Crippen LogP contribution in [0.15, 0.2) is 0 Å². The van der Waals surface area contributed by atoms with E-state index in [1.807, 2.05) is 11.8 Å². The fourth-order valence-corrected chi connectivity index (χ4v) is 4.20. The summed E-state index contributed by atoms with van der Waals surface area (Å²) >= 11 is 0. The Kier molecular flexibility index (Phi) is 3.89. The van der Waals surface area contributed by atoms with Crippen molar-refractivity contribution in [3.63, 3.8) is 0 Å². The molecule has 0 bridgehead atoms. The van der Waals surface area contributed by atoms with Crippen molar-refractivity contribution in [3.05, 3.63) is 17.0 Å². The van der Waals surface area contributed by atoms with Crippen LogP contribution < -0.4 is 0 Å². The zero-order chi connectivity index (χ0) is 16.8. The highest BCUT2D eigenvalue weighted by molar-refractivity contribution is 5.94. The van der Waals surface area contributed by atoms with Gasteiger partial charge in [-0.1, -0.05) is 0 Å². The summed E-state index contributed by atoms with van der Waals surface area (Å²) in [7, 11) is 0. The second-order valence-corrected chi connectivity index (χ2v) is 7.58. The maximum atomic E-state index is 12.8. The lowest BCUT2D eigenvalue weighted by Gasteiger charge is -2.48. The van der Waals surface area contributed by atoms with Crippen LogP contribution in [-0.2, 0) is 22.5 Å². The summed E-state index contributed by atoms with van der Waals surface area (Å²) in [5.41, 5.74) is 1.47. The third kappa shape index (κ3) is 2.85. The number of carbonyl (C=O) groups is 1. The van der Waals surface area contributed by atoms with Crippen LogP contribution in [0.2, 0.25) is 0 Å². The molecule has 3 aliphatic rings. The first kappa shape index (κ1) is 16.1. The van der Waals surface area contributed by atoms with Crippen LogP contribution >= 0.6 is 0 Å². The van der Waals surface area contributed by atoms with E-state index >= 15 is 0 Å². The van der Waals surface area contributed by atoms with Gasteiger partial charge in [0.2, 0.25) is 0 Å². The van der Waals surface area contributed by atoms with Crippen LogP contribution in [0.5, 0.6) is 0 Å². The van der Waals surface area contributed by atoms with Crippen LogP contribution in [0.4, 0.5) is 0 Å². The smallest absolute Gasteiger partial charge is 0.274 e. The number of amides is 1. The van der Waals surface area contributed by atoms with Crippen LogP contribution in [0.25, 0.3) is 0 Å². The fraction of sp³-hybridized carbons (Fsp3) is 0.765. The summed E-state index contributed by atoms with van der Waals surface area (Å²) in [6.07, 6.45) is 3.63. The quantitative estimate of drug-likeness (QED) is 0.800. The molecule has 0 radical (unpaired) electrons. The minimum Gasteiger partial charge on any atom is -0.390 e. The molecule has 3 aliphatic heterocycles. The molecule has 2 fully saturated rings. The standard InChI is InChI=1S/C17H25N3O4/c1-16(22)5-9-24-17(11-16)3-6-20(7-4-17)15(21)14-12-10-23-8-2-13(12)18-19-14/h22H,2-11H2,1H3,(H,18,19). The SMILES string of the molecule is CC1(O)CCOC2(CCN(C(=O)c3n[nH]c4c3COCC4)CC2)C1. The number of hydrogen-bond acceptors (Lipinski definition) is 5. The third-order valence-electron chi connectivity index (χ3n) is 5.61. The van der Waals surface area contributed by atoms with E-state index in [-0.39, 0.29) is 11.5 Å². The summed E-state index contributed by atoms with van der Waals surface area (Å²) in [6, 6.07) is 0. The molecule has 2 saturated heterocycles. The summed E-state index contributed by atoms with van der Waals surface area (Å²) in [5, 5.41) is 17.6. The molecule has 132 valence electrons. The van der Waals surface area contributed by atoms with Gasteiger partial charge in [0.25, 0.3) is 5.91 Å². The van der Waals surface area contributed by atoms with Crippen molar-refractivity contribution in [3.8, 4) is 0 Å². The first-order valence-corrected chi connectivity index (χ1v) is 8.78. The third-order valence-corrected chi connectivity index (χ3v) is 5.61. The normalized spacial score (nSPS) is 29.5. The van der Waals surface area contributed by atoms with Gasteiger partial charge in [0.15, 0.2) is 5.69 Å². The minimum absolute atomic E-state index is 0.0320. The molecule has 0 aliphatic carbocycles. The maximum Gasteiger partial charge on any atom is 0.274 e. The largest absolute Gasteiger partial charge is 0.390 e. The lowest BCUT2D eigenvalue weighted by molar-refractivity contribution is -0.170. The molecule has 1 aromatic heterocycles. The van der Waals surface area contributed by atoms with E-state index in [2.05, 4.69) is 10.2 Å². The fourth-order valence-electron chi connectivity index (χ4n) is 4.20. The van der Waals surface area contributed by atoms with Crippen molar-refractivity contribution >= 4 is 5.91 Å². The second-order valence-electron chi connectivity index (χ2n) is 7.58. The number of hydrogen-bond donors (Lipinski definition) is 2. The molecule has 1 unspecified atom stereocenters. The predicted molar refractivity (Wildman–Crippen MR) is 85.6 cm³/mol. The van der Waals surface area contributed by atoms with Crippen molar-refractivity contribution < 1.29 is 19.4 Å². The van der Waals surface area contributed by atoms with E-state index in [1.165, 1.54) is 0 Å². The lowest BCUT2D eigenvalue weighted by Crippen LogP contribution is -2.54. The van der Waals surface area contributed by atoms with E-state index in [0.29, 0.717) is 51.4 Å². The van der Waals surface area contributed by atoms with Crippen molar-refractivity contribution in [2.45, 2.75) is 56.8 Å². The maximum absolute atomic E-state index is 12.8. The van der Waals surface area contributed by atoms with E-state index in [0.717, 1.165) is 30.5 Å². The van der Waals surface area contributed by atoms with Crippen LogP contribution in [0.3, 0.4) is 0 Å². The Balaban J connectivity index is 1.44. The molecule has 7 nitrogen and oxygen atoms in total. The van der Waals surface area contributed by atoms with Crippen molar-refractivity contribution in [2.24, 2.45) is 0 Å². The van der Waals surface area contributed by atoms with Crippen molar-refractivity contribution in [1.29, 1.82) is 0 Å². The summed E-state index contributed by atoms with van der Waals surface area (Å²) < 4.78 is 11.5. The molecule has 1 spiro atoms. The molecule has 24 heavy (non-hydrogen) atoms. The van der Waals surface area contributed by atoms with Gasteiger partial charge < -0.3 is 19.5 Å². The number of aliphatic hydroxyl groups is 1. The Morgan fingerprint density at radius 1 is 1.29 bits per heavy atom. The van der Waals surface area contributed by atoms with Gasteiger partial charge in [0, 0.05) is 37.2 Å². The number of rotatable bonds is 1. The minimum atomic E-state index is -0.664. The first-order chi connectivity index (χ1) is 11.5. The van der Waals surface area contributed by atoms with Crippen LogP contribution in [-0.4, -0.2) is 63.6 Å².